The van der Waals surface area contributed by atoms with E-state index in [1.807, 2.05) is 0 Å². The van der Waals surface area contributed by atoms with Gasteiger partial charge in [0.25, 0.3) is 0 Å². The Morgan fingerprint density at radius 2 is 1.82 bits per heavy atom. The summed E-state index contributed by atoms with van der Waals surface area (Å²) in [6.45, 7) is 2.29. The van der Waals surface area contributed by atoms with Gasteiger partial charge in [-0.05, 0) is 43.9 Å². The molecule has 0 aromatic heterocycles. The van der Waals surface area contributed by atoms with Crippen LogP contribution in [0.1, 0.15) is 58.3 Å². The fourth-order valence-electron chi connectivity index (χ4n) is 3.39. The van der Waals surface area contributed by atoms with Gasteiger partial charge in [-0.2, -0.15) is 0 Å². The van der Waals surface area contributed by atoms with Gasteiger partial charge >= 0.3 is 0 Å². The summed E-state index contributed by atoms with van der Waals surface area (Å²) in [5.41, 5.74) is 0.678. The SMILES string of the molecule is CCC(CBr)(CBr)CC1CCC2(CCCC2)O1. The second kappa shape index (κ2) is 5.92. The Balaban J connectivity index is 1.92. The minimum Gasteiger partial charge on any atom is -0.372 e. The Hall–Kier alpha value is 0.920. The highest BCUT2D eigenvalue weighted by atomic mass is 79.9. The van der Waals surface area contributed by atoms with E-state index in [0.717, 1.165) is 10.7 Å². The first-order valence-electron chi connectivity index (χ1n) is 6.97. The summed E-state index contributed by atoms with van der Waals surface area (Å²) in [4.78, 5) is 0. The Kier molecular flexibility index (Phi) is 4.99. The third-order valence-electron chi connectivity index (χ3n) is 4.83. The number of rotatable bonds is 5. The molecule has 1 nitrogen and oxygen atoms in total. The second-order valence-electron chi connectivity index (χ2n) is 5.99. The van der Waals surface area contributed by atoms with Crippen molar-refractivity contribution < 1.29 is 4.74 Å². The van der Waals surface area contributed by atoms with Crippen LogP contribution in [0.2, 0.25) is 0 Å². The van der Waals surface area contributed by atoms with Gasteiger partial charge in [-0.15, -0.1) is 0 Å². The summed E-state index contributed by atoms with van der Waals surface area (Å²) >= 11 is 7.38. The van der Waals surface area contributed by atoms with Crippen LogP contribution in [0.15, 0.2) is 0 Å². The molecule has 1 spiro atoms. The van der Waals surface area contributed by atoms with Crippen LogP contribution in [-0.4, -0.2) is 22.4 Å². The summed E-state index contributed by atoms with van der Waals surface area (Å²) in [7, 11) is 0. The molecule has 1 unspecified atom stereocenters. The lowest BCUT2D eigenvalue weighted by Crippen LogP contribution is -2.31. The van der Waals surface area contributed by atoms with E-state index in [0.29, 0.717) is 17.1 Å². The molecule has 1 aliphatic heterocycles. The molecule has 0 N–H and O–H groups in total. The van der Waals surface area contributed by atoms with Gasteiger partial charge in [0.05, 0.1) is 11.7 Å². The zero-order valence-corrected chi connectivity index (χ0v) is 14.0. The van der Waals surface area contributed by atoms with Gasteiger partial charge in [-0.3, -0.25) is 0 Å². The Morgan fingerprint density at radius 3 is 2.35 bits per heavy atom. The van der Waals surface area contributed by atoms with Crippen LogP contribution in [0.25, 0.3) is 0 Å². The number of halogens is 2. The molecule has 0 aromatic carbocycles. The van der Waals surface area contributed by atoms with Crippen molar-refractivity contribution >= 4 is 31.9 Å². The molecule has 2 aliphatic rings. The lowest BCUT2D eigenvalue weighted by Gasteiger charge is -2.32. The molecule has 1 aliphatic carbocycles. The monoisotopic (exact) mass is 366 g/mol. The van der Waals surface area contributed by atoms with Crippen LogP contribution in [0, 0.1) is 5.41 Å². The van der Waals surface area contributed by atoms with Crippen molar-refractivity contribution in [3.8, 4) is 0 Å². The van der Waals surface area contributed by atoms with Crippen molar-refractivity contribution in [2.24, 2.45) is 5.41 Å². The molecule has 0 radical (unpaired) electrons. The zero-order chi connectivity index (χ0) is 12.4. The molecule has 1 saturated carbocycles. The molecular formula is C14H24Br2O. The second-order valence-corrected chi connectivity index (χ2v) is 7.12. The quantitative estimate of drug-likeness (QED) is 0.617. The minimum absolute atomic E-state index is 0.294. The number of ether oxygens (including phenoxy) is 1. The van der Waals surface area contributed by atoms with Gasteiger partial charge in [0.1, 0.15) is 0 Å². The molecule has 0 bridgehead atoms. The van der Waals surface area contributed by atoms with Crippen LogP contribution in [0.4, 0.5) is 0 Å². The van der Waals surface area contributed by atoms with Gasteiger partial charge in [-0.1, -0.05) is 51.6 Å². The van der Waals surface area contributed by atoms with Crippen LogP contribution in [0.3, 0.4) is 0 Å². The first kappa shape index (κ1) is 14.3. The van der Waals surface area contributed by atoms with Gasteiger partial charge in [0.2, 0.25) is 0 Å². The van der Waals surface area contributed by atoms with Crippen molar-refractivity contribution in [3.63, 3.8) is 0 Å². The molecular weight excluding hydrogens is 344 g/mol. The van der Waals surface area contributed by atoms with Crippen LogP contribution in [-0.2, 0) is 4.74 Å². The van der Waals surface area contributed by atoms with E-state index in [2.05, 4.69) is 38.8 Å². The van der Waals surface area contributed by atoms with Crippen LogP contribution >= 0.6 is 31.9 Å². The van der Waals surface area contributed by atoms with Crippen molar-refractivity contribution in [2.45, 2.75) is 70.0 Å². The van der Waals surface area contributed by atoms with E-state index in [4.69, 9.17) is 4.74 Å². The highest BCUT2D eigenvalue weighted by Gasteiger charge is 2.44. The number of hydrogen-bond donors (Lipinski definition) is 0. The Bertz CT molecular complexity index is 236. The van der Waals surface area contributed by atoms with Gasteiger partial charge < -0.3 is 4.74 Å². The summed E-state index contributed by atoms with van der Waals surface area (Å²) in [6.07, 6.45) is 10.9. The molecule has 2 fully saturated rings. The van der Waals surface area contributed by atoms with Crippen molar-refractivity contribution in [1.82, 2.24) is 0 Å². The fourth-order valence-corrected chi connectivity index (χ4v) is 5.57. The maximum atomic E-state index is 6.43. The largest absolute Gasteiger partial charge is 0.372 e. The molecule has 17 heavy (non-hydrogen) atoms. The normalized spacial score (nSPS) is 28.1. The summed E-state index contributed by atoms with van der Waals surface area (Å²) < 4.78 is 6.43. The van der Waals surface area contributed by atoms with E-state index in [1.54, 1.807) is 0 Å². The summed E-state index contributed by atoms with van der Waals surface area (Å²) in [6, 6.07) is 0. The third-order valence-corrected chi connectivity index (χ3v) is 7.21. The van der Waals surface area contributed by atoms with Gasteiger partial charge in [0, 0.05) is 10.7 Å². The van der Waals surface area contributed by atoms with Gasteiger partial charge in [-0.25, -0.2) is 0 Å². The molecule has 100 valence electrons. The van der Waals surface area contributed by atoms with E-state index in [1.165, 1.54) is 51.4 Å². The van der Waals surface area contributed by atoms with E-state index < -0.39 is 0 Å². The molecule has 3 heteroatoms. The van der Waals surface area contributed by atoms with Crippen LogP contribution in [0.5, 0.6) is 0 Å². The zero-order valence-electron chi connectivity index (χ0n) is 10.8. The lowest BCUT2D eigenvalue weighted by molar-refractivity contribution is -0.0496. The van der Waals surface area contributed by atoms with Gasteiger partial charge in [0.15, 0.2) is 0 Å². The molecule has 1 saturated heterocycles. The standard InChI is InChI=1S/C14H24Br2O/c1-2-13(10-15,11-16)9-12-5-8-14(17-12)6-3-4-7-14/h12H,2-11H2,1H3. The summed E-state index contributed by atoms with van der Waals surface area (Å²) in [5, 5.41) is 2.16. The lowest BCUT2D eigenvalue weighted by atomic mass is 9.83. The van der Waals surface area contributed by atoms with E-state index in [-0.39, 0.29) is 0 Å². The van der Waals surface area contributed by atoms with Crippen molar-refractivity contribution in [3.05, 3.63) is 0 Å². The highest BCUT2D eigenvalue weighted by Crippen LogP contribution is 2.46. The Labute approximate surface area is 122 Å². The van der Waals surface area contributed by atoms with E-state index >= 15 is 0 Å². The molecule has 1 heterocycles. The first-order valence-corrected chi connectivity index (χ1v) is 9.22. The molecule has 2 rings (SSSR count). The average Bonchev–Trinajstić information content (AvgIpc) is 2.98. The third kappa shape index (κ3) is 3.09. The fraction of sp³-hybridized carbons (Fsp3) is 1.00. The molecule has 0 amide bonds. The average molecular weight is 368 g/mol. The Morgan fingerprint density at radius 1 is 1.18 bits per heavy atom. The van der Waals surface area contributed by atoms with Crippen molar-refractivity contribution in [2.75, 3.05) is 10.7 Å². The predicted octanol–water partition coefficient (Wildman–Crippen LogP) is 5.05. The molecule has 0 aromatic rings. The van der Waals surface area contributed by atoms with Crippen molar-refractivity contribution in [1.29, 1.82) is 0 Å². The smallest absolute Gasteiger partial charge is 0.0687 e. The number of hydrogen-bond acceptors (Lipinski definition) is 1. The molecule has 1 atom stereocenters. The highest BCUT2D eigenvalue weighted by molar-refractivity contribution is 9.09. The topological polar surface area (TPSA) is 9.23 Å². The minimum atomic E-state index is 0.294. The number of alkyl halides is 2. The predicted molar refractivity (Wildman–Crippen MR) is 80.2 cm³/mol. The van der Waals surface area contributed by atoms with E-state index in [9.17, 15) is 0 Å². The first-order chi connectivity index (χ1) is 8.17. The van der Waals surface area contributed by atoms with Crippen LogP contribution < -0.4 is 0 Å². The maximum Gasteiger partial charge on any atom is 0.0687 e. The maximum absolute atomic E-state index is 6.43. The summed E-state index contributed by atoms with van der Waals surface area (Å²) in [5.74, 6) is 0.